The lowest BCUT2D eigenvalue weighted by Gasteiger charge is -2.23. The molecule has 22 heavy (non-hydrogen) atoms. The summed E-state index contributed by atoms with van der Waals surface area (Å²) in [6.07, 6.45) is 0. The second kappa shape index (κ2) is 9.00. The molecular weight excluding hydrogens is 314 g/mol. The molecule has 1 rings (SSSR count). The number of hydrogen-bond acceptors (Lipinski definition) is 4. The molecule has 6 heteroatoms. The van der Waals surface area contributed by atoms with Crippen LogP contribution in [0.4, 0.5) is 11.4 Å². The van der Waals surface area contributed by atoms with E-state index >= 15 is 0 Å². The van der Waals surface area contributed by atoms with Gasteiger partial charge in [-0.3, -0.25) is 4.79 Å². The van der Waals surface area contributed by atoms with Gasteiger partial charge in [0.1, 0.15) is 4.32 Å². The molecule has 0 heterocycles. The first kappa shape index (κ1) is 18.8. The summed E-state index contributed by atoms with van der Waals surface area (Å²) in [4.78, 5) is 16.3. The lowest BCUT2D eigenvalue weighted by molar-refractivity contribution is -0.115. The molecule has 0 saturated carbocycles. The van der Waals surface area contributed by atoms with Gasteiger partial charge < -0.3 is 15.1 Å². The van der Waals surface area contributed by atoms with Crippen LogP contribution in [0.2, 0.25) is 0 Å². The molecule has 1 N–H and O–H groups in total. The van der Waals surface area contributed by atoms with Crippen molar-refractivity contribution in [1.29, 1.82) is 0 Å². The molecule has 1 atom stereocenters. The van der Waals surface area contributed by atoms with E-state index in [1.54, 1.807) is 0 Å². The van der Waals surface area contributed by atoms with Gasteiger partial charge in [-0.15, -0.1) is 0 Å². The maximum Gasteiger partial charge on any atom is 0.237 e. The minimum Gasteiger partial charge on any atom is -0.378 e. The van der Waals surface area contributed by atoms with Crippen molar-refractivity contribution in [2.75, 3.05) is 37.4 Å². The molecule has 0 saturated heterocycles. The van der Waals surface area contributed by atoms with Crippen LogP contribution < -0.4 is 10.2 Å². The highest BCUT2D eigenvalue weighted by atomic mass is 32.2. The van der Waals surface area contributed by atoms with Gasteiger partial charge in [-0.25, -0.2) is 0 Å². The minimum absolute atomic E-state index is 0.0305. The number of hydrogen-bond donors (Lipinski definition) is 1. The molecule has 0 spiro atoms. The average molecular weight is 340 g/mol. The first-order valence-corrected chi connectivity index (χ1v) is 8.71. The van der Waals surface area contributed by atoms with Crippen LogP contribution in [0.25, 0.3) is 0 Å². The Morgan fingerprint density at radius 3 is 2.23 bits per heavy atom. The highest BCUT2D eigenvalue weighted by Gasteiger charge is 2.18. The third kappa shape index (κ3) is 5.50. The second-order valence-electron chi connectivity index (χ2n) is 5.13. The summed E-state index contributed by atoms with van der Waals surface area (Å²) in [5.74, 6) is -0.0305. The first-order valence-electron chi connectivity index (χ1n) is 7.42. The van der Waals surface area contributed by atoms with Gasteiger partial charge in [0, 0.05) is 38.6 Å². The Hall–Kier alpha value is -1.27. The molecule has 0 aliphatic carbocycles. The Balaban J connectivity index is 2.58. The molecule has 1 aromatic rings. The molecule has 0 aliphatic heterocycles. The van der Waals surface area contributed by atoms with Crippen molar-refractivity contribution >= 4 is 45.6 Å². The molecule has 4 nitrogen and oxygen atoms in total. The zero-order valence-electron chi connectivity index (χ0n) is 13.9. The predicted octanol–water partition coefficient (Wildman–Crippen LogP) is 3.44. The van der Waals surface area contributed by atoms with Gasteiger partial charge in [-0.1, -0.05) is 24.0 Å². The second-order valence-corrected chi connectivity index (χ2v) is 7.10. The topological polar surface area (TPSA) is 35.6 Å². The summed E-state index contributed by atoms with van der Waals surface area (Å²) in [7, 11) is 3.97. The lowest BCUT2D eigenvalue weighted by atomic mass is 10.2. The number of thiocarbonyl (C=S) groups is 1. The highest BCUT2D eigenvalue weighted by molar-refractivity contribution is 8.23. The SMILES string of the molecule is CCN(CC)C(=S)SC(C)C(=O)Nc1ccc(N(C)C)cc1. The van der Waals surface area contributed by atoms with E-state index in [1.807, 2.05) is 50.2 Å². The van der Waals surface area contributed by atoms with Crippen LogP contribution >= 0.6 is 24.0 Å². The quantitative estimate of drug-likeness (QED) is 0.803. The average Bonchev–Trinajstić information content (AvgIpc) is 2.48. The smallest absolute Gasteiger partial charge is 0.237 e. The van der Waals surface area contributed by atoms with Crippen molar-refractivity contribution in [3.8, 4) is 0 Å². The van der Waals surface area contributed by atoms with Crippen molar-refractivity contribution in [1.82, 2.24) is 4.90 Å². The number of thioether (sulfide) groups is 1. The van der Waals surface area contributed by atoms with Gasteiger partial charge in [0.15, 0.2) is 0 Å². The van der Waals surface area contributed by atoms with Crippen molar-refractivity contribution in [3.63, 3.8) is 0 Å². The maximum absolute atomic E-state index is 12.2. The van der Waals surface area contributed by atoms with Crippen LogP contribution in [-0.2, 0) is 4.79 Å². The summed E-state index contributed by atoms with van der Waals surface area (Å²) in [5.41, 5.74) is 1.90. The fourth-order valence-electron chi connectivity index (χ4n) is 1.85. The molecule has 0 aliphatic rings. The van der Waals surface area contributed by atoms with Crippen molar-refractivity contribution in [3.05, 3.63) is 24.3 Å². The minimum atomic E-state index is -0.221. The molecule has 0 aromatic heterocycles. The zero-order valence-corrected chi connectivity index (χ0v) is 15.6. The molecular formula is C16H25N3OS2. The number of nitrogens with one attached hydrogen (secondary N) is 1. The molecule has 1 amide bonds. The Bertz CT molecular complexity index is 499. The number of rotatable bonds is 6. The Morgan fingerprint density at radius 1 is 1.23 bits per heavy atom. The van der Waals surface area contributed by atoms with Gasteiger partial charge in [0.05, 0.1) is 5.25 Å². The number of benzene rings is 1. The normalized spacial score (nSPS) is 11.7. The summed E-state index contributed by atoms with van der Waals surface area (Å²) in [6, 6.07) is 7.78. The van der Waals surface area contributed by atoms with E-state index in [0.717, 1.165) is 28.8 Å². The van der Waals surface area contributed by atoms with Crippen molar-refractivity contribution in [2.24, 2.45) is 0 Å². The molecule has 0 bridgehead atoms. The molecule has 0 fully saturated rings. The molecule has 1 unspecified atom stereocenters. The van der Waals surface area contributed by atoms with Crippen molar-refractivity contribution in [2.45, 2.75) is 26.0 Å². The van der Waals surface area contributed by atoms with Gasteiger partial charge in [-0.2, -0.15) is 0 Å². The summed E-state index contributed by atoms with van der Waals surface area (Å²) in [5, 5.41) is 2.71. The highest BCUT2D eigenvalue weighted by Crippen LogP contribution is 2.20. The molecule has 0 radical (unpaired) electrons. The van der Waals surface area contributed by atoms with Crippen molar-refractivity contribution < 1.29 is 4.79 Å². The molecule has 1 aromatic carbocycles. The monoisotopic (exact) mass is 339 g/mol. The van der Waals surface area contributed by atoms with Gasteiger partial charge >= 0.3 is 0 Å². The fraction of sp³-hybridized carbons (Fsp3) is 0.500. The third-order valence-electron chi connectivity index (χ3n) is 3.32. The number of anilines is 2. The first-order chi connectivity index (χ1) is 10.4. The summed E-state index contributed by atoms with van der Waals surface area (Å²) >= 11 is 6.81. The van der Waals surface area contributed by atoms with E-state index in [9.17, 15) is 4.79 Å². The lowest BCUT2D eigenvalue weighted by Crippen LogP contribution is -2.31. The number of carbonyl (C=O) groups excluding carboxylic acids is 1. The third-order valence-corrected chi connectivity index (χ3v) is 4.89. The maximum atomic E-state index is 12.2. The largest absolute Gasteiger partial charge is 0.378 e. The summed E-state index contributed by atoms with van der Waals surface area (Å²) < 4.78 is 0.774. The van der Waals surface area contributed by atoms with E-state index in [2.05, 4.69) is 24.1 Å². The fourth-order valence-corrected chi connectivity index (χ4v) is 3.41. The van der Waals surface area contributed by atoms with E-state index in [1.165, 1.54) is 11.8 Å². The van der Waals surface area contributed by atoms with Crippen LogP contribution in [0, 0.1) is 0 Å². The number of carbonyl (C=O) groups is 1. The van der Waals surface area contributed by atoms with Crippen LogP contribution in [0.3, 0.4) is 0 Å². The Labute approximate surface area is 143 Å². The van der Waals surface area contributed by atoms with E-state index in [4.69, 9.17) is 12.2 Å². The van der Waals surface area contributed by atoms with E-state index in [-0.39, 0.29) is 11.2 Å². The predicted molar refractivity (Wildman–Crippen MR) is 102 cm³/mol. The molecule has 122 valence electrons. The summed E-state index contributed by atoms with van der Waals surface area (Å²) in [6.45, 7) is 7.73. The van der Waals surface area contributed by atoms with Crippen LogP contribution in [0.15, 0.2) is 24.3 Å². The standard InChI is InChI=1S/C16H25N3OS2/c1-6-19(7-2)16(21)22-12(3)15(20)17-13-8-10-14(11-9-13)18(4)5/h8-12H,6-7H2,1-5H3,(H,17,20). The van der Waals surface area contributed by atoms with Crippen LogP contribution in [0.1, 0.15) is 20.8 Å². The Morgan fingerprint density at radius 2 is 1.77 bits per heavy atom. The van der Waals surface area contributed by atoms with Gasteiger partial charge in [0.25, 0.3) is 0 Å². The van der Waals surface area contributed by atoms with Crippen LogP contribution in [-0.4, -0.2) is 47.6 Å². The van der Waals surface area contributed by atoms with Crippen LogP contribution in [0.5, 0.6) is 0 Å². The Kier molecular flexibility index (Phi) is 7.68. The zero-order chi connectivity index (χ0) is 16.7. The number of amides is 1. The van der Waals surface area contributed by atoms with Gasteiger partial charge in [-0.05, 0) is 45.0 Å². The van der Waals surface area contributed by atoms with Gasteiger partial charge in [0.2, 0.25) is 5.91 Å². The van der Waals surface area contributed by atoms with E-state index in [0.29, 0.717) is 0 Å². The van der Waals surface area contributed by atoms with E-state index < -0.39 is 0 Å². The number of nitrogens with zero attached hydrogens (tertiary/aromatic N) is 2.